The van der Waals surface area contributed by atoms with E-state index in [1.807, 2.05) is 24.3 Å². The van der Waals surface area contributed by atoms with Gasteiger partial charge in [0.1, 0.15) is 18.1 Å². The molecule has 5 heteroatoms. The number of methoxy groups -OCH3 is 2. The van der Waals surface area contributed by atoms with Crippen molar-refractivity contribution >= 4 is 21.9 Å². The van der Waals surface area contributed by atoms with Crippen LogP contribution in [0.5, 0.6) is 11.5 Å². The highest BCUT2D eigenvalue weighted by Gasteiger charge is 2.14. The first-order valence-electron chi connectivity index (χ1n) is 6.28. The summed E-state index contributed by atoms with van der Waals surface area (Å²) >= 11 is 3.33. The van der Waals surface area contributed by atoms with Crippen molar-refractivity contribution in [2.24, 2.45) is 0 Å². The molecule has 0 aliphatic heterocycles. The summed E-state index contributed by atoms with van der Waals surface area (Å²) in [6.45, 7) is 0.145. The molecule has 0 heterocycles. The molecule has 0 unspecified atom stereocenters. The maximum absolute atomic E-state index is 12.2. The maximum atomic E-state index is 12.2. The van der Waals surface area contributed by atoms with Crippen LogP contribution in [0.4, 0.5) is 0 Å². The molecule has 0 fully saturated rings. The summed E-state index contributed by atoms with van der Waals surface area (Å²) < 4.78 is 16.3. The summed E-state index contributed by atoms with van der Waals surface area (Å²) in [5, 5.41) is 0. The van der Waals surface area contributed by atoms with Crippen molar-refractivity contribution in [3.8, 4) is 11.5 Å². The van der Waals surface area contributed by atoms with Crippen molar-refractivity contribution < 1.29 is 19.0 Å². The number of hydrogen-bond donors (Lipinski definition) is 0. The van der Waals surface area contributed by atoms with Gasteiger partial charge in [-0.1, -0.05) is 18.2 Å². The third kappa shape index (κ3) is 3.76. The summed E-state index contributed by atoms with van der Waals surface area (Å²) in [7, 11) is 3.13. The van der Waals surface area contributed by atoms with E-state index in [-0.39, 0.29) is 6.61 Å². The minimum atomic E-state index is -0.424. The fourth-order valence-electron chi connectivity index (χ4n) is 1.83. The summed E-state index contributed by atoms with van der Waals surface area (Å²) in [5.74, 6) is 0.865. The Balaban J connectivity index is 2.11. The third-order valence-corrected chi connectivity index (χ3v) is 3.64. The van der Waals surface area contributed by atoms with Crippen LogP contribution in [0.25, 0.3) is 0 Å². The molecule has 110 valence electrons. The van der Waals surface area contributed by atoms with Crippen molar-refractivity contribution in [2.75, 3.05) is 14.2 Å². The van der Waals surface area contributed by atoms with Crippen molar-refractivity contribution in [3.63, 3.8) is 0 Å². The van der Waals surface area contributed by atoms with Gasteiger partial charge < -0.3 is 14.2 Å². The Hall–Kier alpha value is -2.01. The zero-order valence-electron chi connectivity index (χ0n) is 11.8. The third-order valence-electron chi connectivity index (χ3n) is 2.94. The summed E-state index contributed by atoms with van der Waals surface area (Å²) in [5.41, 5.74) is 1.23. The van der Waals surface area contributed by atoms with Gasteiger partial charge in [0, 0.05) is 10.0 Å². The Bertz CT molecular complexity index is 640. The van der Waals surface area contributed by atoms with Gasteiger partial charge in [-0.2, -0.15) is 0 Å². The molecule has 2 aromatic rings. The molecule has 0 amide bonds. The average Bonchev–Trinajstić information content (AvgIpc) is 2.53. The van der Waals surface area contributed by atoms with Crippen LogP contribution in [0.3, 0.4) is 0 Å². The normalized spacial score (nSPS) is 10.0. The molecule has 0 radical (unpaired) electrons. The van der Waals surface area contributed by atoms with Crippen molar-refractivity contribution in [2.45, 2.75) is 6.61 Å². The minimum Gasteiger partial charge on any atom is -0.497 e. The van der Waals surface area contributed by atoms with E-state index in [0.29, 0.717) is 21.5 Å². The summed E-state index contributed by atoms with van der Waals surface area (Å²) in [4.78, 5) is 12.2. The van der Waals surface area contributed by atoms with E-state index in [9.17, 15) is 4.79 Å². The van der Waals surface area contributed by atoms with Crippen molar-refractivity contribution in [1.29, 1.82) is 0 Å². The van der Waals surface area contributed by atoms with E-state index in [0.717, 1.165) is 5.56 Å². The van der Waals surface area contributed by atoms with Crippen LogP contribution in [0, 0.1) is 0 Å². The second-order valence-corrected chi connectivity index (χ2v) is 5.09. The molecule has 0 bridgehead atoms. The molecule has 0 spiro atoms. The van der Waals surface area contributed by atoms with Crippen LogP contribution in [0.2, 0.25) is 0 Å². The molecule has 21 heavy (non-hydrogen) atoms. The van der Waals surface area contributed by atoms with Crippen LogP contribution < -0.4 is 9.47 Å². The average molecular weight is 351 g/mol. The lowest BCUT2D eigenvalue weighted by molar-refractivity contribution is 0.0468. The molecule has 2 rings (SSSR count). The highest BCUT2D eigenvalue weighted by molar-refractivity contribution is 9.10. The number of para-hydroxylation sites is 1. The first kappa shape index (κ1) is 15.4. The topological polar surface area (TPSA) is 44.8 Å². The quantitative estimate of drug-likeness (QED) is 0.769. The van der Waals surface area contributed by atoms with Gasteiger partial charge in [0.05, 0.1) is 19.8 Å². The van der Waals surface area contributed by atoms with E-state index in [1.54, 1.807) is 32.4 Å². The Kier molecular flexibility index (Phi) is 5.22. The number of esters is 1. The predicted molar refractivity (Wildman–Crippen MR) is 82.8 cm³/mol. The highest BCUT2D eigenvalue weighted by atomic mass is 79.9. The number of benzene rings is 2. The van der Waals surface area contributed by atoms with E-state index in [4.69, 9.17) is 14.2 Å². The highest BCUT2D eigenvalue weighted by Crippen LogP contribution is 2.24. The van der Waals surface area contributed by atoms with Crippen LogP contribution in [0.15, 0.2) is 46.9 Å². The molecule has 2 aromatic carbocycles. The fourth-order valence-corrected chi connectivity index (χ4v) is 2.24. The number of hydrogen-bond acceptors (Lipinski definition) is 4. The van der Waals surface area contributed by atoms with Gasteiger partial charge >= 0.3 is 5.97 Å². The number of carbonyl (C=O) groups is 1. The molecule has 0 aliphatic carbocycles. The molecule has 0 N–H and O–H groups in total. The number of carbonyl (C=O) groups excluding carboxylic acids is 1. The van der Waals surface area contributed by atoms with Crippen LogP contribution >= 0.6 is 15.9 Å². The Morgan fingerprint density at radius 3 is 2.57 bits per heavy atom. The molecule has 0 saturated carbocycles. The Labute approximate surface area is 131 Å². The zero-order valence-corrected chi connectivity index (χ0v) is 13.3. The fraction of sp³-hybridized carbons (Fsp3) is 0.188. The molecule has 4 nitrogen and oxygen atoms in total. The van der Waals surface area contributed by atoms with Gasteiger partial charge in [-0.3, -0.25) is 0 Å². The van der Waals surface area contributed by atoms with E-state index < -0.39 is 5.97 Å². The maximum Gasteiger partial charge on any atom is 0.339 e. The number of rotatable bonds is 5. The van der Waals surface area contributed by atoms with Gasteiger partial charge in [-0.05, 0) is 40.2 Å². The van der Waals surface area contributed by atoms with Gasteiger partial charge in [0.2, 0.25) is 0 Å². The number of ether oxygens (including phenoxy) is 3. The molecule has 0 aromatic heterocycles. The SMILES string of the molecule is COc1ccc(Br)c(C(=O)OCc2ccccc2OC)c1. The molecule has 0 saturated heterocycles. The lowest BCUT2D eigenvalue weighted by Crippen LogP contribution is -2.07. The standard InChI is InChI=1S/C16H15BrO4/c1-19-12-7-8-14(17)13(9-12)16(18)21-10-11-5-3-4-6-15(11)20-2/h3-9H,10H2,1-2H3. The number of halogens is 1. The predicted octanol–water partition coefficient (Wildman–Crippen LogP) is 3.82. The van der Waals surface area contributed by atoms with Crippen LogP contribution in [-0.4, -0.2) is 20.2 Å². The molecule has 0 atom stereocenters. The van der Waals surface area contributed by atoms with Gasteiger partial charge in [0.15, 0.2) is 0 Å². The second kappa shape index (κ2) is 7.13. The smallest absolute Gasteiger partial charge is 0.339 e. The van der Waals surface area contributed by atoms with E-state index in [2.05, 4.69) is 15.9 Å². The molecule has 0 aliphatic rings. The second-order valence-electron chi connectivity index (χ2n) is 4.23. The van der Waals surface area contributed by atoms with Gasteiger partial charge in [-0.25, -0.2) is 4.79 Å². The van der Waals surface area contributed by atoms with E-state index >= 15 is 0 Å². The van der Waals surface area contributed by atoms with E-state index in [1.165, 1.54) is 0 Å². The van der Waals surface area contributed by atoms with Gasteiger partial charge in [0.25, 0.3) is 0 Å². The zero-order chi connectivity index (χ0) is 15.2. The van der Waals surface area contributed by atoms with Crippen LogP contribution in [-0.2, 0) is 11.3 Å². The largest absolute Gasteiger partial charge is 0.497 e. The molecular formula is C16H15BrO4. The lowest BCUT2D eigenvalue weighted by atomic mass is 10.2. The molecular weight excluding hydrogens is 336 g/mol. The monoisotopic (exact) mass is 350 g/mol. The van der Waals surface area contributed by atoms with Crippen molar-refractivity contribution in [1.82, 2.24) is 0 Å². The van der Waals surface area contributed by atoms with Gasteiger partial charge in [-0.15, -0.1) is 0 Å². The Morgan fingerprint density at radius 1 is 1.10 bits per heavy atom. The summed E-state index contributed by atoms with van der Waals surface area (Å²) in [6.07, 6.45) is 0. The van der Waals surface area contributed by atoms with Crippen LogP contribution in [0.1, 0.15) is 15.9 Å². The first-order chi connectivity index (χ1) is 10.2. The van der Waals surface area contributed by atoms with Crippen molar-refractivity contribution in [3.05, 3.63) is 58.1 Å². The lowest BCUT2D eigenvalue weighted by Gasteiger charge is -2.10. The summed E-state index contributed by atoms with van der Waals surface area (Å²) in [6, 6.07) is 12.6. The Morgan fingerprint density at radius 2 is 1.86 bits per heavy atom. The minimum absolute atomic E-state index is 0.145. The first-order valence-corrected chi connectivity index (χ1v) is 7.07.